The third-order valence-electron chi connectivity index (χ3n) is 6.45. The minimum Gasteiger partial charge on any atom is -0.333 e. The molecule has 2 bridgehead atoms. The van der Waals surface area contributed by atoms with Gasteiger partial charge in [-0.1, -0.05) is 18.2 Å². The zero-order chi connectivity index (χ0) is 20.7. The minimum absolute atomic E-state index is 0.0103. The predicted octanol–water partition coefficient (Wildman–Crippen LogP) is 4.09. The van der Waals surface area contributed by atoms with Gasteiger partial charge in [0.1, 0.15) is 0 Å². The predicted molar refractivity (Wildman–Crippen MR) is 115 cm³/mol. The van der Waals surface area contributed by atoms with Gasteiger partial charge in [0, 0.05) is 35.7 Å². The minimum atomic E-state index is -3.37. The van der Waals surface area contributed by atoms with Crippen LogP contribution in [-0.2, 0) is 9.84 Å². The maximum Gasteiger partial charge on any atom is 0.254 e. The molecular formula is C24H24N2O3S. The molecule has 0 spiro atoms. The van der Waals surface area contributed by atoms with E-state index in [0.717, 1.165) is 18.5 Å². The molecule has 154 valence electrons. The van der Waals surface area contributed by atoms with E-state index in [1.165, 1.54) is 0 Å². The van der Waals surface area contributed by atoms with Gasteiger partial charge < -0.3 is 9.47 Å². The third-order valence-corrected chi connectivity index (χ3v) is 8.64. The van der Waals surface area contributed by atoms with E-state index >= 15 is 0 Å². The Kier molecular flexibility index (Phi) is 4.74. The van der Waals surface area contributed by atoms with Gasteiger partial charge in [0.2, 0.25) is 0 Å². The van der Waals surface area contributed by atoms with Crippen LogP contribution in [0.1, 0.15) is 36.0 Å². The summed E-state index contributed by atoms with van der Waals surface area (Å²) in [4.78, 5) is 15.6. The number of nitrogens with zero attached hydrogens (tertiary/aromatic N) is 2. The average molecular weight is 421 g/mol. The SMILES string of the molecule is O=C(c1ccc(-n2cccc2)cc1)N1C2CCC1CC(S(=O)(=O)c1ccccc1)C2. The molecule has 0 saturated carbocycles. The van der Waals surface area contributed by atoms with Crippen LogP contribution in [-0.4, -0.2) is 41.1 Å². The summed E-state index contributed by atoms with van der Waals surface area (Å²) in [7, 11) is -3.37. The molecule has 2 aliphatic rings. The molecule has 3 aromatic rings. The van der Waals surface area contributed by atoms with Gasteiger partial charge in [0.05, 0.1) is 10.1 Å². The largest absolute Gasteiger partial charge is 0.333 e. The summed E-state index contributed by atoms with van der Waals surface area (Å²) >= 11 is 0. The lowest BCUT2D eigenvalue weighted by Gasteiger charge is -2.38. The average Bonchev–Trinajstić information content (AvgIpc) is 3.40. The summed E-state index contributed by atoms with van der Waals surface area (Å²) in [5, 5.41) is -0.419. The molecule has 6 heteroatoms. The number of sulfone groups is 1. The maximum absolute atomic E-state index is 13.3. The molecule has 2 atom stereocenters. The van der Waals surface area contributed by atoms with Crippen LogP contribution in [0.2, 0.25) is 0 Å². The van der Waals surface area contributed by atoms with E-state index in [2.05, 4.69) is 0 Å². The molecule has 5 rings (SSSR count). The Bertz CT molecular complexity index is 1120. The molecular weight excluding hydrogens is 396 g/mol. The van der Waals surface area contributed by atoms with Gasteiger partial charge in [-0.3, -0.25) is 4.79 Å². The van der Waals surface area contributed by atoms with Crippen molar-refractivity contribution in [2.24, 2.45) is 0 Å². The normalized spacial score (nSPS) is 23.5. The van der Waals surface area contributed by atoms with Crippen LogP contribution in [0.25, 0.3) is 5.69 Å². The lowest BCUT2D eigenvalue weighted by atomic mass is 10.0. The Morgan fingerprint density at radius 2 is 1.40 bits per heavy atom. The molecule has 3 heterocycles. The van der Waals surface area contributed by atoms with Crippen LogP contribution in [0, 0.1) is 0 Å². The first kappa shape index (κ1) is 19.1. The standard InChI is InChI=1S/C24H24N2O3S/c27-24(18-8-10-19(11-9-18)25-14-4-5-15-25)26-20-12-13-21(26)17-23(16-20)30(28,29)22-6-2-1-3-7-22/h1-11,14-15,20-21,23H,12-13,16-17H2. The first-order chi connectivity index (χ1) is 14.5. The van der Waals surface area contributed by atoms with Crippen molar-refractivity contribution in [1.29, 1.82) is 0 Å². The number of aromatic nitrogens is 1. The van der Waals surface area contributed by atoms with Crippen molar-refractivity contribution in [3.8, 4) is 5.69 Å². The molecule has 2 aliphatic heterocycles. The topological polar surface area (TPSA) is 59.4 Å². The van der Waals surface area contributed by atoms with Gasteiger partial charge >= 0.3 is 0 Å². The lowest BCUT2D eigenvalue weighted by Crippen LogP contribution is -2.49. The molecule has 2 saturated heterocycles. The van der Waals surface area contributed by atoms with Gasteiger partial charge in [0.15, 0.2) is 9.84 Å². The molecule has 2 unspecified atom stereocenters. The number of hydrogen-bond donors (Lipinski definition) is 0. The van der Waals surface area contributed by atoms with Crippen molar-refractivity contribution >= 4 is 15.7 Å². The Balaban J connectivity index is 1.35. The molecule has 30 heavy (non-hydrogen) atoms. The summed E-state index contributed by atoms with van der Waals surface area (Å²) in [5.74, 6) is 0.0112. The Hall–Kier alpha value is -2.86. The van der Waals surface area contributed by atoms with Crippen LogP contribution in [0.3, 0.4) is 0 Å². The van der Waals surface area contributed by atoms with Crippen LogP contribution < -0.4 is 0 Å². The van der Waals surface area contributed by atoms with Crippen molar-refractivity contribution < 1.29 is 13.2 Å². The number of piperidine rings is 1. The summed E-state index contributed by atoms with van der Waals surface area (Å²) in [6, 6.07) is 20.2. The van der Waals surface area contributed by atoms with Crippen LogP contribution in [0.5, 0.6) is 0 Å². The van der Waals surface area contributed by atoms with E-state index in [9.17, 15) is 13.2 Å². The van der Waals surface area contributed by atoms with E-state index in [4.69, 9.17) is 0 Å². The third kappa shape index (κ3) is 3.25. The fraction of sp³-hybridized carbons (Fsp3) is 0.292. The molecule has 1 aromatic heterocycles. The van der Waals surface area contributed by atoms with Crippen molar-refractivity contribution in [3.63, 3.8) is 0 Å². The first-order valence-electron chi connectivity index (χ1n) is 10.4. The molecule has 2 aromatic carbocycles. The van der Waals surface area contributed by atoms with E-state index in [1.807, 2.05) is 64.3 Å². The second-order valence-corrected chi connectivity index (χ2v) is 10.4. The number of amides is 1. The highest BCUT2D eigenvalue weighted by Crippen LogP contribution is 2.40. The van der Waals surface area contributed by atoms with Crippen molar-refractivity contribution in [1.82, 2.24) is 9.47 Å². The maximum atomic E-state index is 13.3. The Morgan fingerprint density at radius 1 is 0.800 bits per heavy atom. The Morgan fingerprint density at radius 3 is 2.00 bits per heavy atom. The van der Waals surface area contributed by atoms with E-state index in [0.29, 0.717) is 23.3 Å². The monoisotopic (exact) mass is 420 g/mol. The highest BCUT2D eigenvalue weighted by Gasteiger charge is 2.47. The van der Waals surface area contributed by atoms with E-state index in [-0.39, 0.29) is 18.0 Å². The highest BCUT2D eigenvalue weighted by atomic mass is 32.2. The van der Waals surface area contributed by atoms with E-state index in [1.54, 1.807) is 24.3 Å². The molecule has 5 nitrogen and oxygen atoms in total. The summed E-state index contributed by atoms with van der Waals surface area (Å²) < 4.78 is 28.2. The van der Waals surface area contributed by atoms with Gasteiger partial charge in [-0.2, -0.15) is 0 Å². The lowest BCUT2D eigenvalue weighted by molar-refractivity contribution is 0.0598. The van der Waals surface area contributed by atoms with Crippen molar-refractivity contribution in [2.75, 3.05) is 0 Å². The van der Waals surface area contributed by atoms with Crippen LogP contribution in [0.4, 0.5) is 0 Å². The fourth-order valence-electron chi connectivity index (χ4n) is 4.95. The first-order valence-corrected chi connectivity index (χ1v) is 11.9. The number of carbonyl (C=O) groups is 1. The van der Waals surface area contributed by atoms with Gasteiger partial charge in [-0.05, 0) is 74.2 Å². The Labute approximate surface area is 176 Å². The highest BCUT2D eigenvalue weighted by molar-refractivity contribution is 7.92. The van der Waals surface area contributed by atoms with Gasteiger partial charge in [0.25, 0.3) is 5.91 Å². The van der Waals surface area contributed by atoms with Crippen LogP contribution in [0.15, 0.2) is 84.0 Å². The molecule has 0 N–H and O–H groups in total. The second kappa shape index (κ2) is 7.43. The number of hydrogen-bond acceptors (Lipinski definition) is 3. The van der Waals surface area contributed by atoms with E-state index < -0.39 is 15.1 Å². The van der Waals surface area contributed by atoms with Crippen LogP contribution >= 0.6 is 0 Å². The zero-order valence-electron chi connectivity index (χ0n) is 16.6. The van der Waals surface area contributed by atoms with Crippen molar-refractivity contribution in [3.05, 3.63) is 84.7 Å². The molecule has 2 fully saturated rings. The van der Waals surface area contributed by atoms with Crippen molar-refractivity contribution in [2.45, 2.75) is 47.9 Å². The number of rotatable bonds is 4. The number of carbonyl (C=O) groups excluding carboxylic acids is 1. The molecule has 0 aliphatic carbocycles. The second-order valence-electron chi connectivity index (χ2n) is 8.19. The summed E-state index contributed by atoms with van der Waals surface area (Å²) in [6.07, 6.45) is 6.71. The quantitative estimate of drug-likeness (QED) is 0.639. The summed E-state index contributed by atoms with van der Waals surface area (Å²) in [5.41, 5.74) is 1.67. The molecule has 0 radical (unpaired) electrons. The number of benzene rings is 2. The summed E-state index contributed by atoms with van der Waals surface area (Å²) in [6.45, 7) is 0. The van der Waals surface area contributed by atoms with Gasteiger partial charge in [-0.15, -0.1) is 0 Å². The zero-order valence-corrected chi connectivity index (χ0v) is 17.4. The number of fused-ring (bicyclic) bond motifs is 2. The smallest absolute Gasteiger partial charge is 0.254 e. The van der Waals surface area contributed by atoms with Gasteiger partial charge in [-0.25, -0.2) is 8.42 Å². The molecule has 1 amide bonds. The fourth-order valence-corrected chi connectivity index (χ4v) is 6.82.